The van der Waals surface area contributed by atoms with E-state index in [1.165, 1.54) is 10.3 Å². The van der Waals surface area contributed by atoms with E-state index in [1.807, 2.05) is 12.1 Å². The summed E-state index contributed by atoms with van der Waals surface area (Å²) in [5, 5.41) is 1.14. The van der Waals surface area contributed by atoms with Gasteiger partial charge in [0.1, 0.15) is 0 Å². The summed E-state index contributed by atoms with van der Waals surface area (Å²) in [6.07, 6.45) is 4.57. The average molecular weight is 365 g/mol. The molecule has 134 valence electrons. The first-order chi connectivity index (χ1) is 12.8. The molecule has 2 aromatic carbocycles. The van der Waals surface area contributed by atoms with Crippen LogP contribution in [0.2, 0.25) is 0 Å². The van der Waals surface area contributed by atoms with Crippen molar-refractivity contribution in [2.75, 3.05) is 13.1 Å². The molecule has 0 spiro atoms. The number of fused-ring (bicyclic) bond motifs is 1. The number of aryl methyl sites for hydroxylation is 1. The number of carbonyl (C=O) groups is 1. The fraction of sp³-hybridized carbons (Fsp3) is 0.364. The van der Waals surface area contributed by atoms with Gasteiger partial charge in [0.25, 0.3) is 0 Å². The van der Waals surface area contributed by atoms with E-state index in [0.29, 0.717) is 18.2 Å². The maximum absolute atomic E-state index is 12.5. The molecule has 3 nitrogen and oxygen atoms in total. The number of piperidine rings is 1. The van der Waals surface area contributed by atoms with Gasteiger partial charge in [-0.15, -0.1) is 11.3 Å². The van der Waals surface area contributed by atoms with Gasteiger partial charge in [-0.05, 0) is 49.3 Å². The predicted octanol–water partition coefficient (Wildman–Crippen LogP) is 5.03. The zero-order valence-corrected chi connectivity index (χ0v) is 15.8. The Morgan fingerprint density at radius 1 is 1.04 bits per heavy atom. The SMILES string of the molecule is O=C(CCCc1nc2ccccc2s1)N1CCC(c2ccccc2)CC1. The molecule has 0 aliphatic carbocycles. The summed E-state index contributed by atoms with van der Waals surface area (Å²) >= 11 is 1.75. The smallest absolute Gasteiger partial charge is 0.222 e. The highest BCUT2D eigenvalue weighted by Gasteiger charge is 2.23. The minimum absolute atomic E-state index is 0.303. The van der Waals surface area contributed by atoms with Gasteiger partial charge < -0.3 is 4.90 Å². The fourth-order valence-corrected chi connectivity index (χ4v) is 4.77. The number of nitrogens with zero attached hydrogens (tertiary/aromatic N) is 2. The van der Waals surface area contributed by atoms with E-state index in [4.69, 9.17) is 0 Å². The minimum atomic E-state index is 0.303. The number of aromatic nitrogens is 1. The number of para-hydroxylation sites is 1. The third kappa shape index (κ3) is 3.96. The van der Waals surface area contributed by atoms with Crippen LogP contribution >= 0.6 is 11.3 Å². The third-order valence-corrected chi connectivity index (χ3v) is 6.33. The maximum atomic E-state index is 12.5. The predicted molar refractivity (Wildman–Crippen MR) is 108 cm³/mol. The monoisotopic (exact) mass is 364 g/mol. The number of hydrogen-bond acceptors (Lipinski definition) is 3. The third-order valence-electron chi connectivity index (χ3n) is 5.24. The molecule has 26 heavy (non-hydrogen) atoms. The van der Waals surface area contributed by atoms with Gasteiger partial charge in [0.05, 0.1) is 15.2 Å². The normalized spacial score (nSPS) is 15.5. The van der Waals surface area contributed by atoms with Crippen molar-refractivity contribution in [3.05, 3.63) is 65.2 Å². The molecule has 0 atom stereocenters. The Labute approximate surface area is 158 Å². The molecule has 0 bridgehead atoms. The Bertz CT molecular complexity index is 833. The summed E-state index contributed by atoms with van der Waals surface area (Å²) in [4.78, 5) is 19.2. The number of carbonyl (C=O) groups excluding carboxylic acids is 1. The van der Waals surface area contributed by atoms with Crippen LogP contribution in [-0.4, -0.2) is 28.9 Å². The molecule has 1 fully saturated rings. The molecule has 4 heteroatoms. The molecule has 1 saturated heterocycles. The second-order valence-corrected chi connectivity index (χ2v) is 8.11. The second kappa shape index (κ2) is 8.00. The van der Waals surface area contributed by atoms with Gasteiger partial charge in [-0.3, -0.25) is 4.79 Å². The zero-order chi connectivity index (χ0) is 17.8. The summed E-state index contributed by atoms with van der Waals surface area (Å²) in [5.74, 6) is 0.903. The van der Waals surface area contributed by atoms with Gasteiger partial charge in [-0.1, -0.05) is 42.5 Å². The lowest BCUT2D eigenvalue weighted by Crippen LogP contribution is -2.37. The highest BCUT2D eigenvalue weighted by molar-refractivity contribution is 7.18. The standard InChI is InChI=1S/C22H24N2OS/c25-22(12-6-11-21-23-19-9-4-5-10-20(19)26-21)24-15-13-18(14-16-24)17-7-2-1-3-8-17/h1-5,7-10,18H,6,11-16H2. The van der Waals surface area contributed by atoms with Gasteiger partial charge in [0.2, 0.25) is 5.91 Å². The molecule has 4 rings (SSSR count). The molecule has 2 heterocycles. The van der Waals surface area contributed by atoms with E-state index in [9.17, 15) is 4.79 Å². The van der Waals surface area contributed by atoms with Crippen molar-refractivity contribution < 1.29 is 4.79 Å². The van der Waals surface area contributed by atoms with Crippen LogP contribution in [0.4, 0.5) is 0 Å². The minimum Gasteiger partial charge on any atom is -0.343 e. The van der Waals surface area contributed by atoms with Crippen LogP contribution in [-0.2, 0) is 11.2 Å². The van der Waals surface area contributed by atoms with Gasteiger partial charge in [-0.2, -0.15) is 0 Å². The van der Waals surface area contributed by atoms with Gasteiger partial charge >= 0.3 is 0 Å². The first-order valence-electron chi connectivity index (χ1n) is 9.47. The highest BCUT2D eigenvalue weighted by Crippen LogP contribution is 2.28. The molecular formula is C22H24N2OS. The van der Waals surface area contributed by atoms with Crippen LogP contribution in [0.5, 0.6) is 0 Å². The number of likely N-dealkylation sites (tertiary alicyclic amines) is 1. The van der Waals surface area contributed by atoms with Crippen LogP contribution in [0, 0.1) is 0 Å². The van der Waals surface area contributed by atoms with Gasteiger partial charge in [-0.25, -0.2) is 4.98 Å². The lowest BCUT2D eigenvalue weighted by atomic mass is 9.89. The Morgan fingerprint density at radius 2 is 1.77 bits per heavy atom. The van der Waals surface area contributed by atoms with E-state index in [0.717, 1.165) is 49.3 Å². The molecule has 1 amide bonds. The van der Waals surface area contributed by atoms with E-state index in [1.54, 1.807) is 11.3 Å². The molecule has 0 N–H and O–H groups in total. The van der Waals surface area contributed by atoms with Crippen LogP contribution in [0.25, 0.3) is 10.2 Å². The molecule has 1 aliphatic heterocycles. The Balaban J connectivity index is 1.24. The van der Waals surface area contributed by atoms with E-state index < -0.39 is 0 Å². The van der Waals surface area contributed by atoms with Crippen molar-refractivity contribution >= 4 is 27.5 Å². The zero-order valence-electron chi connectivity index (χ0n) is 14.9. The molecule has 0 saturated carbocycles. The first-order valence-corrected chi connectivity index (χ1v) is 10.3. The molecular weight excluding hydrogens is 340 g/mol. The summed E-state index contributed by atoms with van der Waals surface area (Å²) in [6.45, 7) is 1.78. The average Bonchev–Trinajstić information content (AvgIpc) is 3.11. The Kier molecular flexibility index (Phi) is 5.30. The van der Waals surface area contributed by atoms with E-state index >= 15 is 0 Å². The van der Waals surface area contributed by atoms with Gasteiger partial charge in [0, 0.05) is 19.5 Å². The lowest BCUT2D eigenvalue weighted by molar-refractivity contribution is -0.132. The number of benzene rings is 2. The van der Waals surface area contributed by atoms with Crippen LogP contribution in [0.1, 0.15) is 42.2 Å². The number of amides is 1. The van der Waals surface area contributed by atoms with Crippen molar-refractivity contribution in [1.29, 1.82) is 0 Å². The number of thiazole rings is 1. The van der Waals surface area contributed by atoms with Gasteiger partial charge in [0.15, 0.2) is 0 Å². The summed E-state index contributed by atoms with van der Waals surface area (Å²) in [6, 6.07) is 18.9. The summed E-state index contributed by atoms with van der Waals surface area (Å²) in [5.41, 5.74) is 2.48. The van der Waals surface area contributed by atoms with Crippen molar-refractivity contribution in [2.45, 2.75) is 38.0 Å². The Morgan fingerprint density at radius 3 is 2.54 bits per heavy atom. The van der Waals surface area contributed by atoms with Crippen molar-refractivity contribution in [1.82, 2.24) is 9.88 Å². The summed E-state index contributed by atoms with van der Waals surface area (Å²) < 4.78 is 1.23. The van der Waals surface area contributed by atoms with Crippen molar-refractivity contribution in [2.24, 2.45) is 0 Å². The van der Waals surface area contributed by atoms with Crippen LogP contribution in [0.15, 0.2) is 54.6 Å². The Hall–Kier alpha value is -2.20. The van der Waals surface area contributed by atoms with Crippen molar-refractivity contribution in [3.63, 3.8) is 0 Å². The van der Waals surface area contributed by atoms with Crippen LogP contribution < -0.4 is 0 Å². The lowest BCUT2D eigenvalue weighted by Gasteiger charge is -2.32. The fourth-order valence-electron chi connectivity index (χ4n) is 3.76. The highest BCUT2D eigenvalue weighted by atomic mass is 32.1. The molecule has 0 radical (unpaired) electrons. The molecule has 1 aromatic heterocycles. The maximum Gasteiger partial charge on any atom is 0.222 e. The quantitative estimate of drug-likeness (QED) is 0.636. The molecule has 1 aliphatic rings. The topological polar surface area (TPSA) is 33.2 Å². The number of hydrogen-bond donors (Lipinski definition) is 0. The van der Waals surface area contributed by atoms with Crippen LogP contribution in [0.3, 0.4) is 0 Å². The first kappa shape index (κ1) is 17.2. The van der Waals surface area contributed by atoms with E-state index in [-0.39, 0.29) is 0 Å². The largest absolute Gasteiger partial charge is 0.343 e. The van der Waals surface area contributed by atoms with E-state index in [2.05, 4.69) is 52.3 Å². The second-order valence-electron chi connectivity index (χ2n) is 6.99. The number of rotatable bonds is 5. The van der Waals surface area contributed by atoms with Crippen molar-refractivity contribution in [3.8, 4) is 0 Å². The summed E-state index contributed by atoms with van der Waals surface area (Å²) in [7, 11) is 0. The molecule has 3 aromatic rings. The molecule has 0 unspecified atom stereocenters.